The van der Waals surface area contributed by atoms with E-state index in [4.69, 9.17) is 0 Å². The van der Waals surface area contributed by atoms with Gasteiger partial charge in [-0.05, 0) is 37.1 Å². The van der Waals surface area contributed by atoms with Crippen molar-refractivity contribution in [3.05, 3.63) is 28.2 Å². The zero-order valence-electron chi connectivity index (χ0n) is 7.52. The summed E-state index contributed by atoms with van der Waals surface area (Å²) in [6, 6.07) is 6.36. The van der Waals surface area contributed by atoms with Crippen molar-refractivity contribution >= 4 is 21.6 Å². The Hall–Kier alpha value is -0.500. The van der Waals surface area contributed by atoms with Crippen LogP contribution in [0.25, 0.3) is 0 Å². The molecule has 66 valence electrons. The summed E-state index contributed by atoms with van der Waals surface area (Å²) in [5, 5.41) is 3.35. The highest BCUT2D eigenvalue weighted by atomic mass is 79.9. The highest BCUT2D eigenvalue weighted by Crippen LogP contribution is 2.18. The molecule has 0 aliphatic heterocycles. The van der Waals surface area contributed by atoms with Crippen LogP contribution in [0.15, 0.2) is 22.7 Å². The second kappa shape index (κ2) is 4.51. The molecule has 1 N–H and O–H groups in total. The second-order valence-electron chi connectivity index (χ2n) is 2.94. The van der Waals surface area contributed by atoms with Crippen LogP contribution in [0, 0.1) is 6.92 Å². The Morgan fingerprint density at radius 1 is 1.33 bits per heavy atom. The predicted molar refractivity (Wildman–Crippen MR) is 57.7 cm³/mol. The van der Waals surface area contributed by atoms with Crippen LogP contribution in [0.2, 0.25) is 0 Å². The van der Waals surface area contributed by atoms with E-state index in [1.165, 1.54) is 11.3 Å². The van der Waals surface area contributed by atoms with Gasteiger partial charge in [0, 0.05) is 16.7 Å². The van der Waals surface area contributed by atoms with Gasteiger partial charge in [-0.2, -0.15) is 0 Å². The molecule has 0 fully saturated rings. The Balaban J connectivity index is 2.72. The molecule has 0 saturated heterocycles. The third-order valence-corrected chi connectivity index (χ3v) is 2.08. The van der Waals surface area contributed by atoms with E-state index in [2.05, 4.69) is 53.3 Å². The number of nitrogens with one attached hydrogen (secondary N) is 1. The van der Waals surface area contributed by atoms with E-state index in [1.807, 2.05) is 0 Å². The molecule has 1 rings (SSSR count). The van der Waals surface area contributed by atoms with E-state index in [0.29, 0.717) is 0 Å². The fourth-order valence-electron chi connectivity index (χ4n) is 1.11. The van der Waals surface area contributed by atoms with E-state index >= 15 is 0 Å². The van der Waals surface area contributed by atoms with E-state index in [-0.39, 0.29) is 0 Å². The monoisotopic (exact) mass is 227 g/mol. The Morgan fingerprint density at radius 3 is 2.67 bits per heavy atom. The van der Waals surface area contributed by atoms with E-state index in [9.17, 15) is 0 Å². The van der Waals surface area contributed by atoms with Crippen molar-refractivity contribution in [3.8, 4) is 0 Å². The van der Waals surface area contributed by atoms with Gasteiger partial charge in [-0.3, -0.25) is 0 Å². The lowest BCUT2D eigenvalue weighted by Crippen LogP contribution is -1.99. The topological polar surface area (TPSA) is 12.0 Å². The molecule has 0 heterocycles. The molecule has 0 amide bonds. The summed E-state index contributed by atoms with van der Waals surface area (Å²) in [6.45, 7) is 5.30. The van der Waals surface area contributed by atoms with Crippen molar-refractivity contribution in [1.82, 2.24) is 0 Å². The molecule has 1 aromatic rings. The zero-order valence-corrected chi connectivity index (χ0v) is 9.11. The molecule has 1 aromatic carbocycles. The molecule has 12 heavy (non-hydrogen) atoms. The van der Waals surface area contributed by atoms with Gasteiger partial charge in [0.2, 0.25) is 0 Å². The molecular formula is C10H14BrN. The van der Waals surface area contributed by atoms with Crippen LogP contribution in [0.1, 0.15) is 18.9 Å². The van der Waals surface area contributed by atoms with Crippen LogP contribution in [0.3, 0.4) is 0 Å². The summed E-state index contributed by atoms with van der Waals surface area (Å²) in [5.41, 5.74) is 2.48. The molecule has 0 aliphatic rings. The number of halogens is 1. The number of hydrogen-bond acceptors (Lipinski definition) is 1. The van der Waals surface area contributed by atoms with Gasteiger partial charge in [0.05, 0.1) is 0 Å². The smallest absolute Gasteiger partial charge is 0.0354 e. The first-order valence-electron chi connectivity index (χ1n) is 4.23. The summed E-state index contributed by atoms with van der Waals surface area (Å²) in [4.78, 5) is 0. The fourth-order valence-corrected chi connectivity index (χ4v) is 1.72. The average molecular weight is 228 g/mol. The lowest BCUT2D eigenvalue weighted by Gasteiger charge is -2.05. The Labute approximate surface area is 82.3 Å². The van der Waals surface area contributed by atoms with Gasteiger partial charge in [-0.25, -0.2) is 0 Å². The largest absolute Gasteiger partial charge is 0.385 e. The van der Waals surface area contributed by atoms with Gasteiger partial charge in [0.15, 0.2) is 0 Å². The summed E-state index contributed by atoms with van der Waals surface area (Å²) in [5.74, 6) is 0. The first-order chi connectivity index (χ1) is 5.72. The molecule has 1 nitrogen and oxygen atoms in total. The lowest BCUT2D eigenvalue weighted by molar-refractivity contribution is 0.979. The highest BCUT2D eigenvalue weighted by Gasteiger charge is 1.94. The van der Waals surface area contributed by atoms with Crippen LogP contribution in [0.5, 0.6) is 0 Å². The lowest BCUT2D eigenvalue weighted by atomic mass is 10.2. The summed E-state index contributed by atoms with van der Waals surface area (Å²) in [6.07, 6.45) is 1.16. The van der Waals surface area contributed by atoms with Crippen molar-refractivity contribution in [3.63, 3.8) is 0 Å². The molecule has 0 spiro atoms. The molecule has 0 saturated carbocycles. The Kier molecular flexibility index (Phi) is 3.60. The van der Waals surface area contributed by atoms with Crippen LogP contribution >= 0.6 is 15.9 Å². The van der Waals surface area contributed by atoms with Gasteiger partial charge in [0.25, 0.3) is 0 Å². The minimum absolute atomic E-state index is 1.04. The predicted octanol–water partition coefficient (Wildman–Crippen LogP) is 3.58. The van der Waals surface area contributed by atoms with E-state index in [0.717, 1.165) is 17.4 Å². The maximum Gasteiger partial charge on any atom is 0.0354 e. The molecule has 2 heteroatoms. The number of anilines is 1. The molecule has 0 aromatic heterocycles. The molecule has 0 unspecified atom stereocenters. The molecule has 0 aliphatic carbocycles. The summed E-state index contributed by atoms with van der Waals surface area (Å²) >= 11 is 3.46. The number of aryl methyl sites for hydroxylation is 1. The van der Waals surface area contributed by atoms with Crippen LogP contribution < -0.4 is 5.32 Å². The van der Waals surface area contributed by atoms with Crippen LogP contribution in [-0.2, 0) is 0 Å². The Bertz CT molecular complexity index is 238. The normalized spacial score (nSPS) is 9.92. The number of rotatable bonds is 3. The number of benzene rings is 1. The SMILES string of the molecule is CCCNc1cc(C)cc(Br)c1. The molecule has 0 radical (unpaired) electrons. The molecular weight excluding hydrogens is 214 g/mol. The minimum Gasteiger partial charge on any atom is -0.385 e. The minimum atomic E-state index is 1.04. The van der Waals surface area contributed by atoms with Crippen LogP contribution in [-0.4, -0.2) is 6.54 Å². The van der Waals surface area contributed by atoms with Crippen molar-refractivity contribution in [2.45, 2.75) is 20.3 Å². The first-order valence-corrected chi connectivity index (χ1v) is 5.02. The maximum absolute atomic E-state index is 3.46. The van der Waals surface area contributed by atoms with E-state index < -0.39 is 0 Å². The summed E-state index contributed by atoms with van der Waals surface area (Å²) < 4.78 is 1.14. The third-order valence-electron chi connectivity index (χ3n) is 1.62. The fraction of sp³-hybridized carbons (Fsp3) is 0.400. The quantitative estimate of drug-likeness (QED) is 0.833. The van der Waals surface area contributed by atoms with Gasteiger partial charge in [0.1, 0.15) is 0 Å². The van der Waals surface area contributed by atoms with Crippen molar-refractivity contribution in [2.24, 2.45) is 0 Å². The van der Waals surface area contributed by atoms with Crippen LogP contribution in [0.4, 0.5) is 5.69 Å². The average Bonchev–Trinajstić information content (AvgIpc) is 1.99. The van der Waals surface area contributed by atoms with Gasteiger partial charge >= 0.3 is 0 Å². The first kappa shape index (κ1) is 9.59. The third kappa shape index (κ3) is 2.86. The van der Waals surface area contributed by atoms with Crippen molar-refractivity contribution in [2.75, 3.05) is 11.9 Å². The molecule has 0 atom stereocenters. The van der Waals surface area contributed by atoms with Gasteiger partial charge < -0.3 is 5.32 Å². The van der Waals surface area contributed by atoms with Crippen molar-refractivity contribution < 1.29 is 0 Å². The second-order valence-corrected chi connectivity index (χ2v) is 3.86. The van der Waals surface area contributed by atoms with Crippen molar-refractivity contribution in [1.29, 1.82) is 0 Å². The Morgan fingerprint density at radius 2 is 2.08 bits per heavy atom. The molecule has 0 bridgehead atoms. The van der Waals surface area contributed by atoms with E-state index in [1.54, 1.807) is 0 Å². The summed E-state index contributed by atoms with van der Waals surface area (Å²) in [7, 11) is 0. The maximum atomic E-state index is 3.46. The highest BCUT2D eigenvalue weighted by molar-refractivity contribution is 9.10. The zero-order chi connectivity index (χ0) is 8.97. The number of hydrogen-bond donors (Lipinski definition) is 1. The standard InChI is InChI=1S/C10H14BrN/c1-3-4-12-10-6-8(2)5-9(11)7-10/h5-7,12H,3-4H2,1-2H3. The van der Waals surface area contributed by atoms with Gasteiger partial charge in [-0.15, -0.1) is 0 Å². The van der Waals surface area contributed by atoms with Gasteiger partial charge in [-0.1, -0.05) is 22.9 Å².